The summed E-state index contributed by atoms with van der Waals surface area (Å²) in [5.41, 5.74) is 1.35. The standard InChI is InChI=1S/C17H12ClNO3/c18-12-7-5-11(6-8-12)10-22-17(21)14-9-16(20)19-15-4-2-1-3-13(14)15/h1-9H,10H2,(H,19,20). The van der Waals surface area contributed by atoms with Crippen LogP contribution in [0.2, 0.25) is 5.02 Å². The summed E-state index contributed by atoms with van der Waals surface area (Å²) in [5, 5.41) is 1.28. The highest BCUT2D eigenvalue weighted by atomic mass is 35.5. The fraction of sp³-hybridized carbons (Fsp3) is 0.0588. The Labute approximate surface area is 131 Å². The Morgan fingerprint density at radius 2 is 1.82 bits per heavy atom. The number of halogens is 1. The molecular formula is C17H12ClNO3. The third-order valence-electron chi connectivity index (χ3n) is 3.25. The molecule has 0 aliphatic rings. The summed E-state index contributed by atoms with van der Waals surface area (Å²) in [4.78, 5) is 26.6. The lowest BCUT2D eigenvalue weighted by Gasteiger charge is -2.07. The van der Waals surface area contributed by atoms with Crippen LogP contribution in [0.1, 0.15) is 15.9 Å². The van der Waals surface area contributed by atoms with E-state index in [1.165, 1.54) is 6.07 Å². The molecule has 0 fully saturated rings. The summed E-state index contributed by atoms with van der Waals surface area (Å²) in [6.07, 6.45) is 0. The van der Waals surface area contributed by atoms with Gasteiger partial charge in [-0.3, -0.25) is 4.79 Å². The fourth-order valence-electron chi connectivity index (χ4n) is 2.18. The highest BCUT2D eigenvalue weighted by Crippen LogP contribution is 2.16. The van der Waals surface area contributed by atoms with Crippen molar-refractivity contribution in [2.45, 2.75) is 6.61 Å². The second-order valence-corrected chi connectivity index (χ2v) is 5.23. The predicted octanol–water partition coefficient (Wildman–Crippen LogP) is 3.54. The van der Waals surface area contributed by atoms with E-state index in [9.17, 15) is 9.59 Å². The summed E-state index contributed by atoms with van der Waals surface area (Å²) in [5.74, 6) is -0.530. The van der Waals surface area contributed by atoms with Crippen molar-refractivity contribution in [1.82, 2.24) is 4.98 Å². The Balaban J connectivity index is 1.86. The first-order valence-electron chi connectivity index (χ1n) is 6.67. The number of ether oxygens (including phenoxy) is 1. The van der Waals surface area contributed by atoms with Gasteiger partial charge >= 0.3 is 5.97 Å². The highest BCUT2D eigenvalue weighted by molar-refractivity contribution is 6.30. The van der Waals surface area contributed by atoms with Crippen LogP contribution in [0.4, 0.5) is 0 Å². The quantitative estimate of drug-likeness (QED) is 0.752. The highest BCUT2D eigenvalue weighted by Gasteiger charge is 2.13. The number of pyridine rings is 1. The van der Waals surface area contributed by atoms with Gasteiger partial charge in [0.15, 0.2) is 0 Å². The zero-order valence-electron chi connectivity index (χ0n) is 11.5. The Hall–Kier alpha value is -2.59. The SMILES string of the molecule is O=C(OCc1ccc(Cl)cc1)c1cc(=O)[nH]c2ccccc12. The van der Waals surface area contributed by atoms with Crippen molar-refractivity contribution < 1.29 is 9.53 Å². The van der Waals surface area contributed by atoms with E-state index in [4.69, 9.17) is 16.3 Å². The smallest absolute Gasteiger partial charge is 0.339 e. The molecule has 1 aromatic heterocycles. The van der Waals surface area contributed by atoms with Gasteiger partial charge in [0.25, 0.3) is 0 Å². The van der Waals surface area contributed by atoms with E-state index < -0.39 is 5.97 Å². The third kappa shape index (κ3) is 3.02. The average Bonchev–Trinajstić information content (AvgIpc) is 2.53. The number of carbonyl (C=O) groups excluding carboxylic acids is 1. The zero-order chi connectivity index (χ0) is 15.5. The minimum absolute atomic E-state index is 0.122. The van der Waals surface area contributed by atoms with Crippen molar-refractivity contribution >= 4 is 28.5 Å². The van der Waals surface area contributed by atoms with Crippen LogP contribution in [0.15, 0.2) is 59.4 Å². The number of hydrogen-bond acceptors (Lipinski definition) is 3. The molecule has 110 valence electrons. The molecule has 0 amide bonds. The number of carbonyl (C=O) groups is 1. The first-order valence-corrected chi connectivity index (χ1v) is 7.05. The molecule has 1 heterocycles. The van der Waals surface area contributed by atoms with Crippen molar-refractivity contribution in [2.24, 2.45) is 0 Å². The largest absolute Gasteiger partial charge is 0.457 e. The second kappa shape index (κ2) is 6.03. The molecular weight excluding hydrogens is 302 g/mol. The Morgan fingerprint density at radius 3 is 2.59 bits per heavy atom. The average molecular weight is 314 g/mol. The van der Waals surface area contributed by atoms with Crippen molar-refractivity contribution in [1.29, 1.82) is 0 Å². The number of nitrogens with one attached hydrogen (secondary N) is 1. The maximum atomic E-state index is 12.3. The normalized spacial score (nSPS) is 10.6. The number of rotatable bonds is 3. The van der Waals surface area contributed by atoms with Crippen LogP contribution in [0.25, 0.3) is 10.9 Å². The number of aromatic amines is 1. The zero-order valence-corrected chi connectivity index (χ0v) is 12.3. The molecule has 0 unspecified atom stereocenters. The number of hydrogen-bond donors (Lipinski definition) is 1. The van der Waals surface area contributed by atoms with E-state index in [0.717, 1.165) is 5.56 Å². The predicted molar refractivity (Wildman–Crippen MR) is 85.1 cm³/mol. The number of aromatic nitrogens is 1. The van der Waals surface area contributed by atoms with Gasteiger partial charge in [-0.25, -0.2) is 4.79 Å². The van der Waals surface area contributed by atoms with Crippen molar-refractivity contribution in [2.75, 3.05) is 0 Å². The summed E-state index contributed by atoms with van der Waals surface area (Å²) >= 11 is 5.81. The summed E-state index contributed by atoms with van der Waals surface area (Å²) < 4.78 is 5.28. The van der Waals surface area contributed by atoms with Gasteiger partial charge in [0.2, 0.25) is 5.56 Å². The van der Waals surface area contributed by atoms with Crippen LogP contribution in [0, 0.1) is 0 Å². The summed E-state index contributed by atoms with van der Waals surface area (Å²) in [6.45, 7) is 0.122. The Kier molecular flexibility index (Phi) is 3.94. The molecule has 2 aromatic carbocycles. The van der Waals surface area contributed by atoms with Gasteiger partial charge in [0.05, 0.1) is 5.56 Å². The molecule has 0 atom stereocenters. The van der Waals surface area contributed by atoms with Crippen LogP contribution in [0.3, 0.4) is 0 Å². The molecule has 0 spiro atoms. The van der Waals surface area contributed by atoms with E-state index in [-0.39, 0.29) is 17.7 Å². The van der Waals surface area contributed by atoms with E-state index in [2.05, 4.69) is 4.98 Å². The first kappa shape index (κ1) is 14.4. The molecule has 0 radical (unpaired) electrons. The Bertz CT molecular complexity index is 884. The van der Waals surface area contributed by atoms with Gasteiger partial charge < -0.3 is 9.72 Å². The van der Waals surface area contributed by atoms with Gasteiger partial charge in [-0.2, -0.15) is 0 Å². The van der Waals surface area contributed by atoms with Crippen LogP contribution >= 0.6 is 11.6 Å². The molecule has 4 nitrogen and oxygen atoms in total. The van der Waals surface area contributed by atoms with Gasteiger partial charge in [-0.05, 0) is 23.8 Å². The molecule has 0 saturated carbocycles. The molecule has 5 heteroatoms. The molecule has 22 heavy (non-hydrogen) atoms. The van der Waals surface area contributed by atoms with Crippen molar-refractivity contribution in [3.63, 3.8) is 0 Å². The molecule has 0 bridgehead atoms. The van der Waals surface area contributed by atoms with E-state index >= 15 is 0 Å². The topological polar surface area (TPSA) is 59.2 Å². The van der Waals surface area contributed by atoms with Crippen molar-refractivity contribution in [3.05, 3.63) is 81.1 Å². The number of esters is 1. The molecule has 3 rings (SSSR count). The molecule has 0 aliphatic carbocycles. The van der Waals surface area contributed by atoms with Gasteiger partial charge in [-0.15, -0.1) is 0 Å². The number of fused-ring (bicyclic) bond motifs is 1. The molecule has 1 N–H and O–H groups in total. The van der Waals surface area contributed by atoms with E-state index in [1.54, 1.807) is 48.5 Å². The lowest BCUT2D eigenvalue weighted by atomic mass is 10.1. The lowest BCUT2D eigenvalue weighted by molar-refractivity contribution is 0.0475. The Morgan fingerprint density at radius 1 is 1.09 bits per heavy atom. The number of para-hydroxylation sites is 1. The minimum atomic E-state index is -0.530. The van der Waals surface area contributed by atoms with Crippen LogP contribution in [0.5, 0.6) is 0 Å². The van der Waals surface area contributed by atoms with Crippen LogP contribution in [-0.2, 0) is 11.3 Å². The van der Waals surface area contributed by atoms with Crippen LogP contribution in [-0.4, -0.2) is 11.0 Å². The fourth-order valence-corrected chi connectivity index (χ4v) is 2.31. The van der Waals surface area contributed by atoms with Crippen molar-refractivity contribution in [3.8, 4) is 0 Å². The van der Waals surface area contributed by atoms with Gasteiger partial charge in [0, 0.05) is 22.0 Å². The lowest BCUT2D eigenvalue weighted by Crippen LogP contribution is -2.12. The summed E-state index contributed by atoms with van der Waals surface area (Å²) in [6, 6.07) is 15.4. The monoisotopic (exact) mass is 313 g/mol. The maximum Gasteiger partial charge on any atom is 0.339 e. The number of benzene rings is 2. The molecule has 3 aromatic rings. The van der Waals surface area contributed by atoms with E-state index in [0.29, 0.717) is 15.9 Å². The molecule has 0 saturated heterocycles. The second-order valence-electron chi connectivity index (χ2n) is 4.80. The third-order valence-corrected chi connectivity index (χ3v) is 3.51. The van der Waals surface area contributed by atoms with Gasteiger partial charge in [0.1, 0.15) is 6.61 Å². The molecule has 0 aliphatic heterocycles. The van der Waals surface area contributed by atoms with E-state index in [1.807, 2.05) is 0 Å². The maximum absolute atomic E-state index is 12.3. The first-order chi connectivity index (χ1) is 10.6. The number of H-pyrrole nitrogens is 1. The minimum Gasteiger partial charge on any atom is -0.457 e. The van der Waals surface area contributed by atoms with Gasteiger partial charge in [-0.1, -0.05) is 41.9 Å². The summed E-state index contributed by atoms with van der Waals surface area (Å²) in [7, 11) is 0. The van der Waals surface area contributed by atoms with Crippen LogP contribution < -0.4 is 5.56 Å².